The molecule has 0 spiro atoms. The maximum Gasteiger partial charge on any atom is 0.335 e. The van der Waals surface area contributed by atoms with E-state index in [1.165, 1.54) is 0 Å². The van der Waals surface area contributed by atoms with Gasteiger partial charge in [-0.2, -0.15) is 0 Å². The molecule has 84 valence electrons. The van der Waals surface area contributed by atoms with Crippen LogP contribution >= 0.6 is 0 Å². The predicted molar refractivity (Wildman–Crippen MR) is 60.9 cm³/mol. The average molecular weight is 218 g/mol. The smallest absolute Gasteiger partial charge is 0.335 e. The second-order valence-corrected chi connectivity index (χ2v) is 3.96. The molecule has 1 unspecified atom stereocenters. The molecule has 0 amide bonds. The van der Waals surface area contributed by atoms with Crippen molar-refractivity contribution in [2.45, 2.75) is 26.2 Å². The third-order valence-electron chi connectivity index (χ3n) is 2.84. The molecule has 0 aliphatic heterocycles. The summed E-state index contributed by atoms with van der Waals surface area (Å²) in [6.07, 6.45) is 4.71. The Hall–Kier alpha value is -1.84. The summed E-state index contributed by atoms with van der Waals surface area (Å²) in [6.45, 7) is 4.22. The Labute approximate surface area is 93.5 Å². The van der Waals surface area contributed by atoms with Gasteiger partial charge in [0.25, 0.3) is 0 Å². The standard InChI is InChI=1S/C12H14N2O2/c1-3-8(2)10-7-14-5-4-9(12(15)16)6-11(14)13-10/h4-8H,3H2,1-2H3,(H,15,16). The van der Waals surface area contributed by atoms with E-state index in [2.05, 4.69) is 18.8 Å². The highest BCUT2D eigenvalue weighted by Crippen LogP contribution is 2.18. The topological polar surface area (TPSA) is 54.6 Å². The van der Waals surface area contributed by atoms with E-state index < -0.39 is 5.97 Å². The van der Waals surface area contributed by atoms with Crippen molar-refractivity contribution in [2.24, 2.45) is 0 Å². The van der Waals surface area contributed by atoms with Gasteiger partial charge in [-0.1, -0.05) is 13.8 Å². The maximum absolute atomic E-state index is 10.8. The molecule has 4 nitrogen and oxygen atoms in total. The van der Waals surface area contributed by atoms with Crippen LogP contribution in [0.3, 0.4) is 0 Å². The summed E-state index contributed by atoms with van der Waals surface area (Å²) in [5.41, 5.74) is 1.97. The van der Waals surface area contributed by atoms with E-state index in [0.29, 0.717) is 11.6 Å². The summed E-state index contributed by atoms with van der Waals surface area (Å²) >= 11 is 0. The van der Waals surface area contributed by atoms with Crippen molar-refractivity contribution in [3.63, 3.8) is 0 Å². The van der Waals surface area contributed by atoms with Crippen LogP contribution < -0.4 is 0 Å². The van der Waals surface area contributed by atoms with Crippen LogP contribution in [0, 0.1) is 0 Å². The van der Waals surface area contributed by atoms with E-state index in [-0.39, 0.29) is 5.56 Å². The van der Waals surface area contributed by atoms with Crippen molar-refractivity contribution < 1.29 is 9.90 Å². The zero-order chi connectivity index (χ0) is 11.7. The first-order valence-corrected chi connectivity index (χ1v) is 5.33. The molecular formula is C12H14N2O2. The fraction of sp³-hybridized carbons (Fsp3) is 0.333. The highest BCUT2D eigenvalue weighted by molar-refractivity contribution is 5.88. The second kappa shape index (κ2) is 3.96. The third-order valence-corrected chi connectivity index (χ3v) is 2.84. The first kappa shape index (κ1) is 10.7. The lowest BCUT2D eigenvalue weighted by Crippen LogP contribution is -1.97. The van der Waals surface area contributed by atoms with Crippen LogP contribution in [-0.2, 0) is 0 Å². The van der Waals surface area contributed by atoms with Crippen molar-refractivity contribution in [1.29, 1.82) is 0 Å². The Kier molecular flexibility index (Phi) is 2.64. The fourth-order valence-electron chi connectivity index (χ4n) is 1.58. The maximum atomic E-state index is 10.8. The van der Waals surface area contributed by atoms with Gasteiger partial charge in [0.05, 0.1) is 11.3 Å². The van der Waals surface area contributed by atoms with E-state index in [9.17, 15) is 4.79 Å². The number of fused-ring (bicyclic) bond motifs is 1. The SMILES string of the molecule is CCC(C)c1cn2ccc(C(=O)O)cc2n1. The number of carboxylic acid groups (broad SMARTS) is 1. The Morgan fingerprint density at radius 3 is 3.00 bits per heavy atom. The summed E-state index contributed by atoms with van der Waals surface area (Å²) in [5.74, 6) is -0.524. The number of rotatable bonds is 3. The predicted octanol–water partition coefficient (Wildman–Crippen LogP) is 2.55. The molecule has 2 heterocycles. The summed E-state index contributed by atoms with van der Waals surface area (Å²) < 4.78 is 1.86. The molecule has 16 heavy (non-hydrogen) atoms. The lowest BCUT2D eigenvalue weighted by atomic mass is 10.1. The van der Waals surface area contributed by atoms with Crippen molar-refractivity contribution in [1.82, 2.24) is 9.38 Å². The Balaban J connectivity index is 2.49. The minimum absolute atomic E-state index is 0.272. The number of aromatic carboxylic acids is 1. The molecule has 4 heteroatoms. The largest absolute Gasteiger partial charge is 0.478 e. The van der Waals surface area contributed by atoms with Gasteiger partial charge in [-0.15, -0.1) is 0 Å². The molecule has 2 aromatic rings. The van der Waals surface area contributed by atoms with Crippen LogP contribution in [0.4, 0.5) is 0 Å². The van der Waals surface area contributed by atoms with Gasteiger partial charge >= 0.3 is 5.97 Å². The molecule has 0 aromatic carbocycles. The van der Waals surface area contributed by atoms with Gasteiger partial charge < -0.3 is 9.51 Å². The Bertz CT molecular complexity index is 531. The number of nitrogens with zero attached hydrogens (tertiary/aromatic N) is 2. The first-order chi connectivity index (χ1) is 7.61. The van der Waals surface area contributed by atoms with Crippen LogP contribution in [0.5, 0.6) is 0 Å². The van der Waals surface area contributed by atoms with Gasteiger partial charge in [-0.25, -0.2) is 9.78 Å². The molecule has 1 N–H and O–H groups in total. The van der Waals surface area contributed by atoms with Gasteiger partial charge in [0.1, 0.15) is 5.65 Å². The van der Waals surface area contributed by atoms with Crippen molar-refractivity contribution in [3.8, 4) is 0 Å². The zero-order valence-electron chi connectivity index (χ0n) is 9.34. The van der Waals surface area contributed by atoms with Gasteiger partial charge in [0.2, 0.25) is 0 Å². The van der Waals surface area contributed by atoms with Crippen LogP contribution in [0.2, 0.25) is 0 Å². The normalized spacial score (nSPS) is 12.9. The number of imidazole rings is 1. The van der Waals surface area contributed by atoms with Gasteiger partial charge in [-0.3, -0.25) is 0 Å². The number of hydrogen-bond donors (Lipinski definition) is 1. The van der Waals surface area contributed by atoms with Crippen LogP contribution in [0.1, 0.15) is 42.2 Å². The molecule has 0 aliphatic rings. The Morgan fingerprint density at radius 1 is 1.62 bits per heavy atom. The first-order valence-electron chi connectivity index (χ1n) is 5.33. The van der Waals surface area contributed by atoms with Crippen LogP contribution in [0.15, 0.2) is 24.5 Å². The average Bonchev–Trinajstić information content (AvgIpc) is 2.70. The van der Waals surface area contributed by atoms with Crippen molar-refractivity contribution in [3.05, 3.63) is 35.8 Å². The van der Waals surface area contributed by atoms with E-state index in [1.54, 1.807) is 18.3 Å². The van der Waals surface area contributed by atoms with E-state index in [0.717, 1.165) is 12.1 Å². The summed E-state index contributed by atoms with van der Waals surface area (Å²) in [4.78, 5) is 15.2. The Morgan fingerprint density at radius 2 is 2.38 bits per heavy atom. The van der Waals surface area contributed by atoms with Gasteiger partial charge in [0.15, 0.2) is 0 Å². The van der Waals surface area contributed by atoms with Crippen molar-refractivity contribution in [2.75, 3.05) is 0 Å². The van der Waals surface area contributed by atoms with E-state index in [1.807, 2.05) is 10.6 Å². The molecule has 1 atom stereocenters. The molecule has 0 saturated heterocycles. The summed E-state index contributed by atoms with van der Waals surface area (Å²) in [6, 6.07) is 3.17. The summed E-state index contributed by atoms with van der Waals surface area (Å²) in [7, 11) is 0. The molecule has 0 aliphatic carbocycles. The second-order valence-electron chi connectivity index (χ2n) is 3.96. The third kappa shape index (κ3) is 1.78. The highest BCUT2D eigenvalue weighted by atomic mass is 16.4. The number of aromatic nitrogens is 2. The van der Waals surface area contributed by atoms with Crippen LogP contribution in [0.25, 0.3) is 5.65 Å². The fourth-order valence-corrected chi connectivity index (χ4v) is 1.58. The quantitative estimate of drug-likeness (QED) is 0.861. The monoisotopic (exact) mass is 218 g/mol. The van der Waals surface area contributed by atoms with Crippen LogP contribution in [-0.4, -0.2) is 20.5 Å². The molecule has 0 radical (unpaired) electrons. The molecule has 0 saturated carbocycles. The van der Waals surface area contributed by atoms with E-state index >= 15 is 0 Å². The molecule has 0 fully saturated rings. The van der Waals surface area contributed by atoms with Gasteiger partial charge in [0, 0.05) is 12.4 Å². The molecule has 0 bridgehead atoms. The number of pyridine rings is 1. The molecule has 2 aromatic heterocycles. The zero-order valence-corrected chi connectivity index (χ0v) is 9.34. The van der Waals surface area contributed by atoms with Crippen molar-refractivity contribution >= 4 is 11.6 Å². The molecular weight excluding hydrogens is 204 g/mol. The number of hydrogen-bond acceptors (Lipinski definition) is 2. The number of carboxylic acids is 1. The minimum atomic E-state index is -0.921. The summed E-state index contributed by atoms with van der Waals surface area (Å²) in [5, 5.41) is 8.87. The lowest BCUT2D eigenvalue weighted by molar-refractivity contribution is 0.0697. The minimum Gasteiger partial charge on any atom is -0.478 e. The number of carbonyl (C=O) groups is 1. The molecule has 2 rings (SSSR count). The lowest BCUT2D eigenvalue weighted by Gasteiger charge is -2.01. The highest BCUT2D eigenvalue weighted by Gasteiger charge is 2.10. The van der Waals surface area contributed by atoms with E-state index in [4.69, 9.17) is 5.11 Å². The van der Waals surface area contributed by atoms with Gasteiger partial charge in [-0.05, 0) is 24.5 Å².